The molecule has 2 aliphatic rings. The largest absolute Gasteiger partial charge is 1.00 e. The Bertz CT molecular complexity index is 1060. The van der Waals surface area contributed by atoms with E-state index in [0.29, 0.717) is 3.67 Å². The van der Waals surface area contributed by atoms with Crippen molar-refractivity contribution in [3.8, 4) is 11.1 Å². The Morgan fingerprint density at radius 3 is 1.86 bits per heavy atom. The van der Waals surface area contributed by atoms with Crippen LogP contribution in [-0.4, -0.2) is 3.26 Å². The van der Waals surface area contributed by atoms with E-state index in [2.05, 4.69) is 104 Å². The Labute approximate surface area is 193 Å². The predicted molar refractivity (Wildman–Crippen MR) is 112 cm³/mol. The van der Waals surface area contributed by atoms with Gasteiger partial charge in [0.2, 0.25) is 0 Å². The summed E-state index contributed by atoms with van der Waals surface area (Å²) in [5, 5.41) is 0. The molecule has 0 bridgehead atoms. The van der Waals surface area contributed by atoms with Crippen molar-refractivity contribution in [2.45, 2.75) is 17.0 Å². The molecule has 144 valence electrons. The third kappa shape index (κ3) is 3.93. The molecule has 0 spiro atoms. The van der Waals surface area contributed by atoms with Gasteiger partial charge in [-0.3, -0.25) is 0 Å². The maximum Gasteiger partial charge on any atom is -1.00 e. The molecule has 3 heteroatoms. The van der Waals surface area contributed by atoms with Crippen LogP contribution in [0.3, 0.4) is 0 Å². The van der Waals surface area contributed by atoms with Gasteiger partial charge in [0, 0.05) is 0 Å². The predicted octanol–water partition coefficient (Wildman–Crippen LogP) is 0.467. The van der Waals surface area contributed by atoms with Crippen LogP contribution < -0.4 is 24.8 Å². The SMILES string of the molecule is C[C](c1ccccc1)=[Hf+2]([C]1=CC=CC1)[CH]1c2ccccc2-c2ccccc21.[Cl-].[Cl-]. The van der Waals surface area contributed by atoms with Crippen LogP contribution in [-0.2, 0) is 21.0 Å². The Balaban J connectivity index is 0.00000120. The standard InChI is InChI=1S/C13H9.C8H8.C5H5.2ClH.Hf/c1-3-7-12-10(5-1)9-11-6-2-4-8-13(11)12;1-2-8-6-4-3-5-7-8;1-2-4-5-3-1;;;/h1-9H;3-7H,1H3;1-3H,4H2;2*1H;/q;;;;;+2/p-2. The maximum atomic E-state index is 2.43. The van der Waals surface area contributed by atoms with Gasteiger partial charge in [0.1, 0.15) is 0 Å². The summed E-state index contributed by atoms with van der Waals surface area (Å²) in [6.45, 7) is 2.42. The van der Waals surface area contributed by atoms with E-state index in [-0.39, 0.29) is 24.8 Å². The summed E-state index contributed by atoms with van der Waals surface area (Å²) >= 11 is -2.38. The molecule has 0 N–H and O–H groups in total. The van der Waals surface area contributed by atoms with E-state index >= 15 is 0 Å². The van der Waals surface area contributed by atoms with E-state index in [4.69, 9.17) is 0 Å². The van der Waals surface area contributed by atoms with Crippen LogP contribution in [0.1, 0.15) is 33.7 Å². The molecule has 0 aliphatic heterocycles. The first-order valence-electron chi connectivity index (χ1n) is 9.65. The molecule has 2 aliphatic carbocycles. The van der Waals surface area contributed by atoms with Crippen LogP contribution in [0, 0.1) is 0 Å². The second kappa shape index (κ2) is 9.51. The van der Waals surface area contributed by atoms with Crippen molar-refractivity contribution < 1.29 is 45.8 Å². The molecular formula is C26H22Cl2Hf. The van der Waals surface area contributed by atoms with E-state index in [9.17, 15) is 0 Å². The first-order chi connectivity index (χ1) is 13.3. The van der Waals surface area contributed by atoms with Crippen molar-refractivity contribution in [1.29, 1.82) is 0 Å². The monoisotopic (exact) mass is 584 g/mol. The molecule has 0 heterocycles. The Kier molecular flexibility index (Phi) is 7.27. The molecule has 3 aromatic carbocycles. The van der Waals surface area contributed by atoms with E-state index < -0.39 is 21.0 Å². The second-order valence-corrected chi connectivity index (χ2v) is 17.4. The summed E-state index contributed by atoms with van der Waals surface area (Å²) in [5.74, 6) is 0. The van der Waals surface area contributed by atoms with Crippen molar-refractivity contribution in [1.82, 2.24) is 0 Å². The van der Waals surface area contributed by atoms with Gasteiger partial charge in [0.15, 0.2) is 0 Å². The van der Waals surface area contributed by atoms with Crippen LogP contribution in [0.4, 0.5) is 0 Å². The van der Waals surface area contributed by atoms with Gasteiger partial charge in [-0.25, -0.2) is 0 Å². The summed E-state index contributed by atoms with van der Waals surface area (Å²) in [6.07, 6.45) is 8.18. The Morgan fingerprint density at radius 2 is 1.31 bits per heavy atom. The summed E-state index contributed by atoms with van der Waals surface area (Å²) in [7, 11) is 0. The number of benzene rings is 3. The second-order valence-electron chi connectivity index (χ2n) is 7.34. The molecule has 3 aromatic rings. The molecule has 0 saturated heterocycles. The Morgan fingerprint density at radius 1 is 0.759 bits per heavy atom. The van der Waals surface area contributed by atoms with Gasteiger partial charge in [-0.15, -0.1) is 0 Å². The molecule has 0 fully saturated rings. The zero-order valence-corrected chi connectivity index (χ0v) is 21.4. The van der Waals surface area contributed by atoms with Crippen molar-refractivity contribution >= 4 is 3.26 Å². The van der Waals surface area contributed by atoms with Gasteiger partial charge in [-0.1, -0.05) is 0 Å². The number of allylic oxidation sites excluding steroid dienone is 4. The fourth-order valence-electron chi connectivity index (χ4n) is 4.60. The molecule has 0 aromatic heterocycles. The molecule has 29 heavy (non-hydrogen) atoms. The normalized spacial score (nSPS) is 14.2. The summed E-state index contributed by atoms with van der Waals surface area (Å²) in [5.41, 5.74) is 7.46. The molecule has 0 amide bonds. The minimum Gasteiger partial charge on any atom is -1.00 e. The van der Waals surface area contributed by atoms with Crippen molar-refractivity contribution in [2.75, 3.05) is 0 Å². The number of rotatable bonds is 3. The first-order valence-corrected chi connectivity index (χ1v) is 15.3. The molecule has 0 saturated carbocycles. The number of halogens is 2. The third-order valence-electron chi connectivity index (χ3n) is 5.85. The van der Waals surface area contributed by atoms with Crippen LogP contribution in [0.25, 0.3) is 11.1 Å². The van der Waals surface area contributed by atoms with Crippen LogP contribution in [0.15, 0.2) is 100 Å². The molecule has 5 rings (SSSR count). The molecule has 0 atom stereocenters. The van der Waals surface area contributed by atoms with Gasteiger partial charge in [0.25, 0.3) is 0 Å². The fraction of sp³-hybridized carbons (Fsp3) is 0.115. The summed E-state index contributed by atoms with van der Waals surface area (Å²) in [4.78, 5) is 0. The minimum atomic E-state index is -2.38. The number of hydrogen-bond acceptors (Lipinski definition) is 0. The average Bonchev–Trinajstić information content (AvgIpc) is 3.37. The zero-order valence-electron chi connectivity index (χ0n) is 16.3. The topological polar surface area (TPSA) is 0 Å². The van der Waals surface area contributed by atoms with Gasteiger partial charge >= 0.3 is 169 Å². The third-order valence-corrected chi connectivity index (χ3v) is 17.9. The van der Waals surface area contributed by atoms with Crippen molar-refractivity contribution in [2.24, 2.45) is 0 Å². The molecule has 0 radical (unpaired) electrons. The first kappa shape index (κ1) is 22.2. The van der Waals surface area contributed by atoms with Crippen LogP contribution in [0.5, 0.6) is 0 Å². The maximum absolute atomic E-state index is 2.43. The molecule has 0 unspecified atom stereocenters. The minimum absolute atomic E-state index is 0. The fourth-order valence-corrected chi connectivity index (χ4v) is 17.2. The van der Waals surface area contributed by atoms with E-state index in [1.807, 2.05) is 0 Å². The van der Waals surface area contributed by atoms with Gasteiger partial charge in [-0.2, -0.15) is 0 Å². The smallest absolute Gasteiger partial charge is 1.00 e. The number of fused-ring (bicyclic) bond motifs is 3. The zero-order chi connectivity index (χ0) is 18.2. The Hall–Kier alpha value is -1.54. The molecular weight excluding hydrogens is 562 g/mol. The van der Waals surface area contributed by atoms with Gasteiger partial charge in [0.05, 0.1) is 0 Å². The van der Waals surface area contributed by atoms with E-state index in [1.165, 1.54) is 16.7 Å². The van der Waals surface area contributed by atoms with Gasteiger partial charge in [-0.05, 0) is 0 Å². The van der Waals surface area contributed by atoms with Crippen molar-refractivity contribution in [3.63, 3.8) is 0 Å². The van der Waals surface area contributed by atoms with Crippen LogP contribution >= 0.6 is 0 Å². The van der Waals surface area contributed by atoms with E-state index in [0.717, 1.165) is 6.42 Å². The quantitative estimate of drug-likeness (QED) is 0.394. The van der Waals surface area contributed by atoms with Crippen molar-refractivity contribution in [3.05, 3.63) is 117 Å². The van der Waals surface area contributed by atoms with Gasteiger partial charge < -0.3 is 24.8 Å². The molecule has 0 nitrogen and oxygen atoms in total. The van der Waals surface area contributed by atoms with Crippen LogP contribution in [0.2, 0.25) is 0 Å². The number of hydrogen-bond donors (Lipinski definition) is 0. The summed E-state index contributed by atoms with van der Waals surface area (Å²) < 4.78 is 4.00. The average molecular weight is 584 g/mol. The van der Waals surface area contributed by atoms with E-state index in [1.54, 1.807) is 17.7 Å². The summed E-state index contributed by atoms with van der Waals surface area (Å²) in [6, 6.07) is 29.3.